The van der Waals surface area contributed by atoms with Crippen molar-refractivity contribution in [3.05, 3.63) is 35.4 Å². The molecule has 1 fully saturated rings. The topological polar surface area (TPSA) is 43.8 Å². The molecular formula is C16H22F2N2O2. The van der Waals surface area contributed by atoms with Crippen LogP contribution in [0.3, 0.4) is 0 Å². The average molecular weight is 312 g/mol. The lowest BCUT2D eigenvalue weighted by Crippen LogP contribution is -2.41. The first-order chi connectivity index (χ1) is 10.3. The van der Waals surface area contributed by atoms with Crippen molar-refractivity contribution in [2.24, 2.45) is 0 Å². The molecule has 0 saturated carbocycles. The summed E-state index contributed by atoms with van der Waals surface area (Å²) in [5.74, 6) is -1.30. The standard InChI is InChI=1S/C16H22F2N2O2/c1-10(2)19(3)9-16(22)20-8-12(21)7-15(20)13-6-11(17)4-5-14(13)18/h4-6,10,12,15,21H,7-9H2,1-3H3/t12-,15-/m0/s1. The second kappa shape index (κ2) is 6.71. The molecule has 4 nitrogen and oxygen atoms in total. The SMILES string of the molecule is CC(C)N(C)CC(=O)N1C[C@@H](O)C[C@H]1c1cc(F)ccc1F. The van der Waals surface area contributed by atoms with Gasteiger partial charge >= 0.3 is 0 Å². The fourth-order valence-electron chi connectivity index (χ4n) is 2.64. The van der Waals surface area contributed by atoms with Gasteiger partial charge in [-0.15, -0.1) is 0 Å². The molecule has 2 rings (SSSR count). The van der Waals surface area contributed by atoms with E-state index >= 15 is 0 Å². The Morgan fingerprint density at radius 3 is 2.77 bits per heavy atom. The summed E-state index contributed by atoms with van der Waals surface area (Å²) in [5, 5.41) is 9.86. The van der Waals surface area contributed by atoms with E-state index in [0.29, 0.717) is 0 Å². The molecule has 1 aromatic rings. The Morgan fingerprint density at radius 2 is 2.14 bits per heavy atom. The molecule has 0 radical (unpaired) electrons. The smallest absolute Gasteiger partial charge is 0.237 e. The maximum Gasteiger partial charge on any atom is 0.237 e. The van der Waals surface area contributed by atoms with Gasteiger partial charge in [-0.25, -0.2) is 8.78 Å². The number of β-amino-alcohol motifs (C(OH)–C–C–N with tert-alkyl or cyclic N) is 1. The molecule has 0 spiro atoms. The number of aliphatic hydroxyl groups is 1. The molecule has 1 saturated heterocycles. The average Bonchev–Trinajstić information content (AvgIpc) is 2.83. The molecule has 0 aliphatic carbocycles. The maximum atomic E-state index is 14.0. The van der Waals surface area contributed by atoms with Gasteiger partial charge in [0.2, 0.25) is 5.91 Å². The highest BCUT2D eigenvalue weighted by Crippen LogP contribution is 2.34. The molecule has 6 heteroatoms. The number of nitrogens with zero attached hydrogens (tertiary/aromatic N) is 2. The summed E-state index contributed by atoms with van der Waals surface area (Å²) in [4.78, 5) is 15.8. The maximum absolute atomic E-state index is 14.0. The number of benzene rings is 1. The molecule has 122 valence electrons. The quantitative estimate of drug-likeness (QED) is 0.924. The van der Waals surface area contributed by atoms with E-state index in [9.17, 15) is 18.7 Å². The van der Waals surface area contributed by atoms with Gasteiger partial charge in [0.15, 0.2) is 0 Å². The van der Waals surface area contributed by atoms with Crippen LogP contribution in [-0.4, -0.2) is 53.1 Å². The number of likely N-dealkylation sites (N-methyl/N-ethyl adjacent to an activating group) is 1. The van der Waals surface area contributed by atoms with Crippen molar-refractivity contribution < 1.29 is 18.7 Å². The van der Waals surface area contributed by atoms with Crippen molar-refractivity contribution in [3.8, 4) is 0 Å². The third kappa shape index (κ3) is 3.62. The lowest BCUT2D eigenvalue weighted by atomic mass is 10.0. The highest BCUT2D eigenvalue weighted by Gasteiger charge is 2.37. The minimum absolute atomic E-state index is 0.122. The van der Waals surface area contributed by atoms with E-state index in [4.69, 9.17) is 0 Å². The number of rotatable bonds is 4. The lowest BCUT2D eigenvalue weighted by Gasteiger charge is -2.28. The molecule has 22 heavy (non-hydrogen) atoms. The highest BCUT2D eigenvalue weighted by molar-refractivity contribution is 5.79. The van der Waals surface area contributed by atoms with Crippen LogP contribution in [0.5, 0.6) is 0 Å². The first-order valence-electron chi connectivity index (χ1n) is 7.42. The molecule has 1 heterocycles. The van der Waals surface area contributed by atoms with Gasteiger partial charge in [-0.05, 0) is 45.5 Å². The van der Waals surface area contributed by atoms with Crippen molar-refractivity contribution in [3.63, 3.8) is 0 Å². The van der Waals surface area contributed by atoms with Crippen LogP contribution in [-0.2, 0) is 4.79 Å². The molecule has 1 aromatic carbocycles. The van der Waals surface area contributed by atoms with E-state index in [0.717, 1.165) is 18.2 Å². The minimum atomic E-state index is -0.721. The molecule has 2 atom stereocenters. The summed E-state index contributed by atoms with van der Waals surface area (Å²) in [6, 6.07) is 2.77. The number of aliphatic hydroxyl groups excluding tert-OH is 1. The van der Waals surface area contributed by atoms with Gasteiger partial charge in [-0.1, -0.05) is 0 Å². The normalized spacial score (nSPS) is 21.9. The van der Waals surface area contributed by atoms with Crippen LogP contribution in [0, 0.1) is 11.6 Å². The predicted octanol–water partition coefficient (Wildman–Crippen LogP) is 1.94. The third-order valence-corrected chi connectivity index (χ3v) is 4.18. The summed E-state index contributed by atoms with van der Waals surface area (Å²) in [7, 11) is 1.83. The van der Waals surface area contributed by atoms with E-state index in [2.05, 4.69) is 0 Å². The van der Waals surface area contributed by atoms with Crippen LogP contribution in [0.15, 0.2) is 18.2 Å². The van der Waals surface area contributed by atoms with Gasteiger partial charge in [0.05, 0.1) is 18.7 Å². The van der Waals surface area contributed by atoms with Crippen LogP contribution < -0.4 is 0 Å². The number of hydrogen-bond acceptors (Lipinski definition) is 3. The van der Waals surface area contributed by atoms with Crippen molar-refractivity contribution >= 4 is 5.91 Å². The zero-order valence-corrected chi connectivity index (χ0v) is 13.1. The second-order valence-corrected chi connectivity index (χ2v) is 6.13. The first-order valence-corrected chi connectivity index (χ1v) is 7.42. The predicted molar refractivity (Wildman–Crippen MR) is 79.2 cm³/mol. The largest absolute Gasteiger partial charge is 0.391 e. The van der Waals surface area contributed by atoms with Crippen molar-refractivity contribution in [2.75, 3.05) is 20.1 Å². The Kier molecular flexibility index (Phi) is 5.13. The number of hydrogen-bond donors (Lipinski definition) is 1. The summed E-state index contributed by atoms with van der Waals surface area (Å²) in [6.07, 6.45) is -0.502. The van der Waals surface area contributed by atoms with Crippen molar-refractivity contribution in [2.45, 2.75) is 38.5 Å². The molecule has 0 aromatic heterocycles. The lowest BCUT2D eigenvalue weighted by molar-refractivity contribution is -0.133. The van der Waals surface area contributed by atoms with Crippen LogP contribution in [0.2, 0.25) is 0 Å². The molecular weight excluding hydrogens is 290 g/mol. The molecule has 1 N–H and O–H groups in total. The molecule has 1 aliphatic rings. The van der Waals surface area contributed by atoms with Crippen molar-refractivity contribution in [1.29, 1.82) is 0 Å². The Labute approximate surface area is 129 Å². The summed E-state index contributed by atoms with van der Waals surface area (Å²) < 4.78 is 27.4. The summed E-state index contributed by atoms with van der Waals surface area (Å²) >= 11 is 0. The summed E-state index contributed by atoms with van der Waals surface area (Å²) in [6.45, 7) is 4.26. The van der Waals surface area contributed by atoms with Gasteiger partial charge in [-0.2, -0.15) is 0 Å². The first kappa shape index (κ1) is 16.8. The van der Waals surface area contributed by atoms with Crippen molar-refractivity contribution in [1.82, 2.24) is 9.80 Å². The monoisotopic (exact) mass is 312 g/mol. The summed E-state index contributed by atoms with van der Waals surface area (Å²) in [5.41, 5.74) is 0.122. The van der Waals surface area contributed by atoms with Gasteiger partial charge < -0.3 is 10.0 Å². The van der Waals surface area contributed by atoms with E-state index in [1.807, 2.05) is 25.8 Å². The molecule has 0 bridgehead atoms. The Balaban J connectivity index is 2.22. The molecule has 1 amide bonds. The minimum Gasteiger partial charge on any atom is -0.391 e. The molecule has 1 aliphatic heterocycles. The van der Waals surface area contributed by atoms with E-state index < -0.39 is 23.8 Å². The van der Waals surface area contributed by atoms with Crippen LogP contribution in [0.25, 0.3) is 0 Å². The fraction of sp³-hybridized carbons (Fsp3) is 0.562. The number of amides is 1. The highest BCUT2D eigenvalue weighted by atomic mass is 19.1. The van der Waals surface area contributed by atoms with Crippen LogP contribution in [0.4, 0.5) is 8.78 Å². The van der Waals surface area contributed by atoms with Gasteiger partial charge in [0.1, 0.15) is 11.6 Å². The van der Waals surface area contributed by atoms with E-state index in [1.54, 1.807) is 0 Å². The van der Waals surface area contributed by atoms with Gasteiger partial charge in [-0.3, -0.25) is 9.69 Å². The number of carbonyl (C=O) groups is 1. The molecule has 0 unspecified atom stereocenters. The van der Waals surface area contributed by atoms with Gasteiger partial charge in [0, 0.05) is 18.2 Å². The Hall–Kier alpha value is -1.53. The zero-order valence-electron chi connectivity index (χ0n) is 13.1. The third-order valence-electron chi connectivity index (χ3n) is 4.18. The van der Waals surface area contributed by atoms with E-state index in [1.165, 1.54) is 4.90 Å². The van der Waals surface area contributed by atoms with Crippen LogP contribution >= 0.6 is 0 Å². The number of halogens is 2. The Bertz CT molecular complexity index is 551. The Morgan fingerprint density at radius 1 is 1.45 bits per heavy atom. The van der Waals surface area contributed by atoms with Gasteiger partial charge in [0.25, 0.3) is 0 Å². The number of carbonyl (C=O) groups excluding carboxylic acids is 1. The van der Waals surface area contributed by atoms with E-state index in [-0.39, 0.29) is 37.0 Å². The fourth-order valence-corrected chi connectivity index (χ4v) is 2.64. The zero-order chi connectivity index (χ0) is 16.4. The van der Waals surface area contributed by atoms with Crippen LogP contribution in [0.1, 0.15) is 31.9 Å². The number of likely N-dealkylation sites (tertiary alicyclic amines) is 1. The second-order valence-electron chi connectivity index (χ2n) is 6.13.